The highest BCUT2D eigenvalue weighted by atomic mass is 35.5. The number of hydrogen-bond donors (Lipinski definition) is 0. The van der Waals surface area contributed by atoms with Gasteiger partial charge in [0.15, 0.2) is 11.2 Å². The van der Waals surface area contributed by atoms with Gasteiger partial charge in [-0.2, -0.15) is 4.68 Å². The number of nitrogens with zero attached hydrogens (tertiary/aromatic N) is 5. The minimum Gasteiger partial charge on any atom is -0.293 e. The Hall–Kier alpha value is -2.70. The molecule has 0 saturated carbocycles. The standard InChI is InChI=1S/C18H13Cl2N5O/c1-11-6-7-13(8-15(11)20)25-17-16(22-23-25)18(26)24(10-21-17)9-12-4-2-3-5-14(12)19/h2-8,10H,9H2,1H3. The number of aryl methyl sites for hydroxylation is 1. The zero-order valence-electron chi connectivity index (χ0n) is 13.7. The van der Waals surface area contributed by atoms with Crippen LogP contribution in [0.5, 0.6) is 0 Å². The van der Waals surface area contributed by atoms with Crippen molar-refractivity contribution >= 4 is 34.4 Å². The molecule has 0 spiro atoms. The highest BCUT2D eigenvalue weighted by molar-refractivity contribution is 6.31. The number of hydrogen-bond acceptors (Lipinski definition) is 4. The Balaban J connectivity index is 1.79. The predicted octanol–water partition coefficient (Wildman–Crippen LogP) is 3.64. The molecule has 0 N–H and O–H groups in total. The fourth-order valence-corrected chi connectivity index (χ4v) is 3.02. The summed E-state index contributed by atoms with van der Waals surface area (Å²) in [5.41, 5.74) is 2.77. The molecule has 2 heterocycles. The lowest BCUT2D eigenvalue weighted by atomic mass is 10.2. The van der Waals surface area contributed by atoms with E-state index in [0.29, 0.717) is 27.9 Å². The Bertz CT molecular complexity index is 1180. The van der Waals surface area contributed by atoms with Crippen molar-refractivity contribution in [1.82, 2.24) is 24.5 Å². The first-order valence-electron chi connectivity index (χ1n) is 7.85. The summed E-state index contributed by atoms with van der Waals surface area (Å²) in [4.78, 5) is 17.1. The van der Waals surface area contributed by atoms with Crippen molar-refractivity contribution in [2.75, 3.05) is 0 Å². The molecule has 8 heteroatoms. The minimum atomic E-state index is -0.278. The first-order valence-corrected chi connectivity index (χ1v) is 8.61. The van der Waals surface area contributed by atoms with E-state index >= 15 is 0 Å². The maximum absolute atomic E-state index is 12.7. The largest absolute Gasteiger partial charge is 0.293 e. The van der Waals surface area contributed by atoms with Crippen LogP contribution in [0.1, 0.15) is 11.1 Å². The summed E-state index contributed by atoms with van der Waals surface area (Å²) >= 11 is 12.4. The van der Waals surface area contributed by atoms with E-state index in [4.69, 9.17) is 23.2 Å². The van der Waals surface area contributed by atoms with E-state index in [1.165, 1.54) is 15.6 Å². The van der Waals surface area contributed by atoms with Gasteiger partial charge in [-0.3, -0.25) is 9.36 Å². The molecule has 4 aromatic rings. The molecule has 0 unspecified atom stereocenters. The van der Waals surface area contributed by atoms with Crippen molar-refractivity contribution in [3.05, 3.63) is 80.3 Å². The van der Waals surface area contributed by atoms with Gasteiger partial charge in [0.25, 0.3) is 5.56 Å². The molecule has 0 aliphatic heterocycles. The average Bonchev–Trinajstić information content (AvgIpc) is 3.06. The van der Waals surface area contributed by atoms with Crippen LogP contribution in [0.2, 0.25) is 10.0 Å². The Labute approximate surface area is 158 Å². The molecular weight excluding hydrogens is 373 g/mol. The zero-order chi connectivity index (χ0) is 18.3. The van der Waals surface area contributed by atoms with Crippen LogP contribution in [0, 0.1) is 6.92 Å². The highest BCUT2D eigenvalue weighted by Gasteiger charge is 2.14. The molecule has 2 aromatic heterocycles. The summed E-state index contributed by atoms with van der Waals surface area (Å²) < 4.78 is 2.96. The fourth-order valence-electron chi connectivity index (χ4n) is 2.65. The Kier molecular flexibility index (Phi) is 4.22. The maximum Gasteiger partial charge on any atom is 0.283 e. The van der Waals surface area contributed by atoms with Crippen molar-refractivity contribution in [3.63, 3.8) is 0 Å². The molecule has 0 amide bonds. The van der Waals surface area contributed by atoms with Crippen molar-refractivity contribution in [2.45, 2.75) is 13.5 Å². The predicted molar refractivity (Wildman–Crippen MR) is 101 cm³/mol. The molecule has 2 aromatic carbocycles. The van der Waals surface area contributed by atoms with Gasteiger partial charge in [0.05, 0.1) is 12.2 Å². The smallest absolute Gasteiger partial charge is 0.283 e. The molecule has 130 valence electrons. The molecule has 0 aliphatic rings. The van der Waals surface area contributed by atoms with E-state index in [2.05, 4.69) is 15.3 Å². The van der Waals surface area contributed by atoms with Crippen molar-refractivity contribution in [1.29, 1.82) is 0 Å². The van der Waals surface area contributed by atoms with Crippen molar-refractivity contribution < 1.29 is 0 Å². The minimum absolute atomic E-state index is 0.191. The third-order valence-corrected chi connectivity index (χ3v) is 4.90. The van der Waals surface area contributed by atoms with Crippen molar-refractivity contribution in [2.24, 2.45) is 0 Å². The van der Waals surface area contributed by atoms with E-state index in [1.54, 1.807) is 12.1 Å². The topological polar surface area (TPSA) is 65.6 Å². The van der Waals surface area contributed by atoms with E-state index in [9.17, 15) is 4.79 Å². The van der Waals surface area contributed by atoms with Crippen LogP contribution in [0.25, 0.3) is 16.9 Å². The Morgan fingerprint density at radius 1 is 1.08 bits per heavy atom. The van der Waals surface area contributed by atoms with E-state index in [0.717, 1.165) is 11.1 Å². The Morgan fingerprint density at radius 3 is 2.65 bits per heavy atom. The number of aromatic nitrogens is 5. The van der Waals surface area contributed by atoms with Gasteiger partial charge in [-0.05, 0) is 36.2 Å². The number of benzene rings is 2. The molecule has 0 radical (unpaired) electrons. The quantitative estimate of drug-likeness (QED) is 0.539. The second-order valence-electron chi connectivity index (χ2n) is 5.88. The molecule has 6 nitrogen and oxygen atoms in total. The van der Waals surface area contributed by atoms with Crippen LogP contribution < -0.4 is 5.56 Å². The molecule has 0 aliphatic carbocycles. The van der Waals surface area contributed by atoms with Gasteiger partial charge in [-0.15, -0.1) is 5.10 Å². The summed E-state index contributed by atoms with van der Waals surface area (Å²) in [5.74, 6) is 0. The monoisotopic (exact) mass is 385 g/mol. The van der Waals surface area contributed by atoms with Gasteiger partial charge in [-0.1, -0.05) is 52.7 Å². The number of rotatable bonds is 3. The van der Waals surface area contributed by atoms with Gasteiger partial charge < -0.3 is 0 Å². The second kappa shape index (κ2) is 6.55. The molecule has 26 heavy (non-hydrogen) atoms. The first kappa shape index (κ1) is 16.8. The highest BCUT2D eigenvalue weighted by Crippen LogP contribution is 2.21. The summed E-state index contributed by atoms with van der Waals surface area (Å²) in [6.07, 6.45) is 1.48. The summed E-state index contributed by atoms with van der Waals surface area (Å²) in [7, 11) is 0. The SMILES string of the molecule is Cc1ccc(-n2nnc3c(=O)n(Cc4ccccc4Cl)cnc32)cc1Cl. The lowest BCUT2D eigenvalue weighted by Crippen LogP contribution is -2.21. The Morgan fingerprint density at radius 2 is 1.88 bits per heavy atom. The molecule has 0 saturated heterocycles. The molecule has 0 atom stereocenters. The van der Waals surface area contributed by atoms with Crippen molar-refractivity contribution in [3.8, 4) is 5.69 Å². The van der Waals surface area contributed by atoms with Gasteiger partial charge in [0.2, 0.25) is 0 Å². The fraction of sp³-hybridized carbons (Fsp3) is 0.111. The lowest BCUT2D eigenvalue weighted by Gasteiger charge is -2.07. The summed E-state index contributed by atoms with van der Waals surface area (Å²) in [5, 5.41) is 9.29. The first-order chi connectivity index (χ1) is 12.5. The van der Waals surface area contributed by atoms with Crippen LogP contribution in [0.15, 0.2) is 53.6 Å². The summed E-state index contributed by atoms with van der Waals surface area (Å²) in [6.45, 7) is 2.22. The van der Waals surface area contributed by atoms with E-state index in [1.807, 2.05) is 37.3 Å². The third-order valence-electron chi connectivity index (χ3n) is 4.13. The van der Waals surface area contributed by atoms with Gasteiger partial charge in [-0.25, -0.2) is 4.98 Å². The van der Waals surface area contributed by atoms with Gasteiger partial charge >= 0.3 is 0 Å². The van der Waals surface area contributed by atoms with Crippen LogP contribution in [0.3, 0.4) is 0 Å². The average molecular weight is 386 g/mol. The molecule has 0 bridgehead atoms. The maximum atomic E-state index is 12.7. The molecular formula is C18H13Cl2N5O. The van der Waals surface area contributed by atoms with Gasteiger partial charge in [0.1, 0.15) is 6.33 Å². The van der Waals surface area contributed by atoms with E-state index in [-0.39, 0.29) is 11.1 Å². The number of fused-ring (bicyclic) bond motifs is 1. The third kappa shape index (κ3) is 2.87. The lowest BCUT2D eigenvalue weighted by molar-refractivity contribution is 0.745. The van der Waals surface area contributed by atoms with Crippen LogP contribution >= 0.6 is 23.2 Å². The second-order valence-corrected chi connectivity index (χ2v) is 6.69. The van der Waals surface area contributed by atoms with E-state index < -0.39 is 0 Å². The van der Waals surface area contributed by atoms with Gasteiger partial charge in [0, 0.05) is 10.0 Å². The zero-order valence-corrected chi connectivity index (χ0v) is 15.2. The van der Waals surface area contributed by atoms with Crippen LogP contribution in [-0.4, -0.2) is 24.5 Å². The van der Waals surface area contributed by atoms with Crippen LogP contribution in [0.4, 0.5) is 0 Å². The molecule has 4 rings (SSSR count). The number of halogens is 2. The molecule has 0 fully saturated rings. The normalized spacial score (nSPS) is 11.2. The van der Waals surface area contributed by atoms with Crippen LogP contribution in [-0.2, 0) is 6.54 Å². The summed E-state index contributed by atoms with van der Waals surface area (Å²) in [6, 6.07) is 12.9.